The minimum atomic E-state index is -1.15. The number of hydrogen-bond donors (Lipinski definition) is 2. The molecule has 3 amide bonds. The predicted octanol–water partition coefficient (Wildman–Crippen LogP) is 5.26. The number of nitrogens with one attached hydrogen (secondary N) is 2. The van der Waals surface area contributed by atoms with E-state index in [0.29, 0.717) is 29.1 Å². The van der Waals surface area contributed by atoms with E-state index in [0.717, 1.165) is 38.5 Å². The zero-order chi connectivity index (χ0) is 28.0. The first kappa shape index (κ1) is 27.5. The summed E-state index contributed by atoms with van der Waals surface area (Å²) >= 11 is 6.14. The SMILES string of the molecule is C[C@H]1[C@H](C)CCC[C@@H]1NC(=O)[C@@H]1N(CCC2=CCCCC2)C(=O)[C@@H]2[C@@H](C(=O)Nc3cccc(Cl)c3)[C@@H]3C=C[C@]21O3. The first-order valence-electron chi connectivity index (χ1n) is 15.0. The van der Waals surface area contributed by atoms with Crippen LogP contribution in [0.1, 0.15) is 65.2 Å². The van der Waals surface area contributed by atoms with Crippen LogP contribution < -0.4 is 10.6 Å². The Morgan fingerprint density at radius 2 is 2.00 bits per heavy atom. The van der Waals surface area contributed by atoms with E-state index in [1.807, 2.05) is 12.2 Å². The summed E-state index contributed by atoms with van der Waals surface area (Å²) in [7, 11) is 0. The van der Waals surface area contributed by atoms with E-state index in [2.05, 4.69) is 30.6 Å². The largest absolute Gasteiger partial charge is 0.359 e. The maximum atomic E-state index is 14.2. The summed E-state index contributed by atoms with van der Waals surface area (Å²) < 4.78 is 6.51. The second-order valence-corrected chi connectivity index (χ2v) is 12.9. The van der Waals surface area contributed by atoms with E-state index in [4.69, 9.17) is 16.3 Å². The van der Waals surface area contributed by atoms with Crippen LogP contribution in [-0.2, 0) is 19.1 Å². The molecule has 3 fully saturated rings. The fourth-order valence-corrected chi connectivity index (χ4v) is 7.93. The van der Waals surface area contributed by atoms with Gasteiger partial charge in [-0.25, -0.2) is 0 Å². The third-order valence-electron chi connectivity index (χ3n) is 10.1. The molecule has 0 aromatic heterocycles. The third-order valence-corrected chi connectivity index (χ3v) is 10.3. The molecule has 2 aliphatic carbocycles. The van der Waals surface area contributed by atoms with Crippen molar-refractivity contribution in [1.82, 2.24) is 10.2 Å². The molecule has 1 aromatic carbocycles. The van der Waals surface area contributed by atoms with Crippen LogP contribution in [0.15, 0.2) is 48.1 Å². The molecule has 8 atom stereocenters. The number of ether oxygens (including phenoxy) is 1. The maximum Gasteiger partial charge on any atom is 0.246 e. The number of carbonyl (C=O) groups is 3. The number of rotatable bonds is 7. The summed E-state index contributed by atoms with van der Waals surface area (Å²) in [6.45, 7) is 4.90. The van der Waals surface area contributed by atoms with Gasteiger partial charge in [-0.2, -0.15) is 0 Å². The number of halogens is 1. The molecular formula is C32H40ClN3O4. The normalized spacial score (nSPS) is 36.4. The van der Waals surface area contributed by atoms with E-state index >= 15 is 0 Å². The third kappa shape index (κ3) is 4.79. The Hall–Kier alpha value is -2.64. The van der Waals surface area contributed by atoms with Gasteiger partial charge in [-0.15, -0.1) is 0 Å². The zero-order valence-corrected chi connectivity index (χ0v) is 24.2. The van der Waals surface area contributed by atoms with Crippen LogP contribution in [-0.4, -0.2) is 53.0 Å². The number of anilines is 1. The number of allylic oxidation sites excluding steroid dienone is 1. The van der Waals surface area contributed by atoms with E-state index in [9.17, 15) is 14.4 Å². The molecule has 0 radical (unpaired) electrons. The van der Waals surface area contributed by atoms with Gasteiger partial charge in [0.1, 0.15) is 11.6 Å². The molecule has 0 unspecified atom stereocenters. The number of hydrogen-bond acceptors (Lipinski definition) is 4. The molecule has 2 N–H and O–H groups in total. The van der Waals surface area contributed by atoms with Gasteiger partial charge in [-0.05, 0) is 68.6 Å². The highest BCUT2D eigenvalue weighted by molar-refractivity contribution is 6.30. The molecule has 1 aromatic rings. The second-order valence-electron chi connectivity index (χ2n) is 12.5. The van der Waals surface area contributed by atoms with Crippen molar-refractivity contribution in [3.8, 4) is 0 Å². The lowest BCUT2D eigenvalue weighted by atomic mass is 9.73. The van der Waals surface area contributed by atoms with E-state index in [-0.39, 0.29) is 23.8 Å². The van der Waals surface area contributed by atoms with Crippen LogP contribution >= 0.6 is 11.6 Å². The standard InChI is InChI=1S/C32H40ClN3O4/c1-19-8-6-13-24(20(19)2)35-30(38)28-32-16-14-25(40-32)26(29(37)34-23-12-7-11-22(33)18-23)27(32)31(39)36(28)17-15-21-9-4-3-5-10-21/h7,9,11-12,14,16,18-20,24-28H,3-6,8,10,13,15,17H2,1-2H3,(H,34,37)(H,35,38)/t19-,20+,24+,25+,26+,27+,28+,32+/m1/s1. The Balaban J connectivity index is 1.29. The molecule has 40 heavy (non-hydrogen) atoms. The molecule has 214 valence electrons. The van der Waals surface area contributed by atoms with Gasteiger partial charge in [-0.1, -0.05) is 68.2 Å². The lowest BCUT2D eigenvalue weighted by Crippen LogP contribution is -2.58. The molecule has 5 aliphatic rings. The molecule has 6 rings (SSSR count). The van der Waals surface area contributed by atoms with Crippen LogP contribution in [0, 0.1) is 23.7 Å². The van der Waals surface area contributed by atoms with Gasteiger partial charge in [0.2, 0.25) is 17.7 Å². The number of likely N-dealkylation sites (tertiary alicyclic amines) is 1. The first-order valence-corrected chi connectivity index (χ1v) is 15.4. The fraction of sp³-hybridized carbons (Fsp3) is 0.594. The van der Waals surface area contributed by atoms with Crippen LogP contribution in [0.2, 0.25) is 5.02 Å². The Morgan fingerprint density at radius 1 is 1.15 bits per heavy atom. The van der Waals surface area contributed by atoms with Crippen molar-refractivity contribution >= 4 is 35.0 Å². The van der Waals surface area contributed by atoms with Crippen LogP contribution in [0.3, 0.4) is 0 Å². The lowest BCUT2D eigenvalue weighted by molar-refractivity contribution is -0.141. The van der Waals surface area contributed by atoms with Gasteiger partial charge in [0, 0.05) is 23.3 Å². The molecule has 8 heteroatoms. The second kappa shape index (κ2) is 11.0. The fourth-order valence-electron chi connectivity index (χ4n) is 7.74. The maximum absolute atomic E-state index is 14.2. The summed E-state index contributed by atoms with van der Waals surface area (Å²) in [5.41, 5.74) is 0.769. The first-order chi connectivity index (χ1) is 19.3. The van der Waals surface area contributed by atoms with Gasteiger partial charge in [0.15, 0.2) is 0 Å². The van der Waals surface area contributed by atoms with Gasteiger partial charge >= 0.3 is 0 Å². The summed E-state index contributed by atoms with van der Waals surface area (Å²) in [4.78, 5) is 43.7. The van der Waals surface area contributed by atoms with Crippen molar-refractivity contribution in [2.24, 2.45) is 23.7 Å². The number of fused-ring (bicyclic) bond motifs is 1. The number of benzene rings is 1. The van der Waals surface area contributed by atoms with Gasteiger partial charge < -0.3 is 20.3 Å². The molecular weight excluding hydrogens is 526 g/mol. The van der Waals surface area contributed by atoms with E-state index in [1.54, 1.807) is 29.2 Å². The Bertz CT molecular complexity index is 1250. The highest BCUT2D eigenvalue weighted by Gasteiger charge is 2.72. The van der Waals surface area contributed by atoms with Gasteiger partial charge in [-0.3, -0.25) is 14.4 Å². The highest BCUT2D eigenvalue weighted by atomic mass is 35.5. The predicted molar refractivity (Wildman–Crippen MR) is 155 cm³/mol. The average molecular weight is 566 g/mol. The Labute approximate surface area is 241 Å². The summed E-state index contributed by atoms with van der Waals surface area (Å²) in [5, 5.41) is 6.79. The Morgan fingerprint density at radius 3 is 2.77 bits per heavy atom. The highest BCUT2D eigenvalue weighted by Crippen LogP contribution is 2.55. The minimum Gasteiger partial charge on any atom is -0.359 e. The Kier molecular flexibility index (Phi) is 7.55. The summed E-state index contributed by atoms with van der Waals surface area (Å²) in [6.07, 6.45) is 13.9. The molecule has 2 saturated heterocycles. The van der Waals surface area contributed by atoms with Crippen LogP contribution in [0.4, 0.5) is 5.69 Å². The van der Waals surface area contributed by atoms with Crippen molar-refractivity contribution in [3.63, 3.8) is 0 Å². The summed E-state index contributed by atoms with van der Waals surface area (Å²) in [6, 6.07) is 6.23. The molecule has 3 aliphatic heterocycles. The van der Waals surface area contributed by atoms with Crippen LogP contribution in [0.5, 0.6) is 0 Å². The van der Waals surface area contributed by atoms with Crippen molar-refractivity contribution in [3.05, 3.63) is 53.1 Å². The molecule has 2 bridgehead atoms. The monoisotopic (exact) mass is 565 g/mol. The lowest BCUT2D eigenvalue weighted by Gasteiger charge is -2.38. The quantitative estimate of drug-likeness (QED) is 0.441. The zero-order valence-electron chi connectivity index (χ0n) is 23.4. The van der Waals surface area contributed by atoms with Crippen molar-refractivity contribution in [2.45, 2.75) is 89.0 Å². The van der Waals surface area contributed by atoms with Gasteiger partial charge in [0.05, 0.1) is 17.9 Å². The topological polar surface area (TPSA) is 87.7 Å². The van der Waals surface area contributed by atoms with E-state index < -0.39 is 29.6 Å². The minimum absolute atomic E-state index is 0.0641. The molecule has 3 heterocycles. The number of carbonyl (C=O) groups excluding carboxylic acids is 3. The average Bonchev–Trinajstić information content (AvgIpc) is 3.58. The van der Waals surface area contributed by atoms with Crippen molar-refractivity contribution in [2.75, 3.05) is 11.9 Å². The molecule has 7 nitrogen and oxygen atoms in total. The number of nitrogens with zero attached hydrogens (tertiary/aromatic N) is 1. The molecule has 1 saturated carbocycles. The van der Waals surface area contributed by atoms with E-state index in [1.165, 1.54) is 18.4 Å². The van der Waals surface area contributed by atoms with Crippen molar-refractivity contribution in [1.29, 1.82) is 0 Å². The van der Waals surface area contributed by atoms with Gasteiger partial charge in [0.25, 0.3) is 0 Å². The van der Waals surface area contributed by atoms with Crippen LogP contribution in [0.25, 0.3) is 0 Å². The van der Waals surface area contributed by atoms with Crippen molar-refractivity contribution < 1.29 is 19.1 Å². The number of amides is 3. The smallest absolute Gasteiger partial charge is 0.246 e. The summed E-state index contributed by atoms with van der Waals surface area (Å²) in [5.74, 6) is -1.21. The molecule has 1 spiro atoms.